The Morgan fingerprint density at radius 1 is 1.47 bits per heavy atom. The number of aryl methyl sites for hydroxylation is 1. The van der Waals surface area contributed by atoms with Gasteiger partial charge >= 0.3 is 0 Å². The van der Waals surface area contributed by atoms with E-state index in [4.69, 9.17) is 5.73 Å². The number of amides is 1. The first-order valence-electron chi connectivity index (χ1n) is 5.38. The van der Waals surface area contributed by atoms with Crippen LogP contribution in [0.5, 0.6) is 0 Å². The molecular weight excluding hydrogens is 256 g/mol. The maximum Gasteiger partial charge on any atom is 0.263 e. The molecule has 1 rings (SSSR count). The fraction of sp³-hybridized carbons (Fsp3) is 0.583. The van der Waals surface area contributed by atoms with Crippen LogP contribution in [0.3, 0.4) is 0 Å². The monoisotopic (exact) mass is 276 g/mol. The van der Waals surface area contributed by atoms with Crippen LogP contribution in [0.1, 0.15) is 28.4 Å². The Hall–Kier alpha value is -0.580. The highest BCUT2D eigenvalue weighted by Gasteiger charge is 2.22. The summed E-state index contributed by atoms with van der Waals surface area (Å²) < 4.78 is 0. The Kier molecular flexibility index (Phi) is 6.16. The SMILES string of the molecule is Cc1ccc(C(=O)N(C)CC(C)(C)CN)s1.Cl. The van der Waals surface area contributed by atoms with E-state index in [1.807, 2.05) is 26.1 Å². The minimum absolute atomic E-state index is 0. The standard InChI is InChI=1S/C12H20N2OS.ClH/c1-9-5-6-10(16-9)11(15)14(4)8-12(2,3)7-13;/h5-6H,7-8,13H2,1-4H3;1H. The van der Waals surface area contributed by atoms with Crippen molar-refractivity contribution in [1.82, 2.24) is 4.90 Å². The number of carbonyl (C=O) groups excluding carboxylic acids is 1. The molecule has 0 atom stereocenters. The van der Waals surface area contributed by atoms with Crippen molar-refractivity contribution in [2.45, 2.75) is 20.8 Å². The first-order chi connectivity index (χ1) is 7.35. The number of carbonyl (C=O) groups is 1. The molecule has 0 bridgehead atoms. The molecule has 0 aliphatic heterocycles. The molecule has 3 nitrogen and oxygen atoms in total. The lowest BCUT2D eigenvalue weighted by Crippen LogP contribution is -2.39. The van der Waals surface area contributed by atoms with Gasteiger partial charge in [-0.1, -0.05) is 13.8 Å². The number of nitrogens with zero attached hydrogens (tertiary/aromatic N) is 1. The molecule has 1 aromatic heterocycles. The normalized spacial score (nSPS) is 10.9. The zero-order valence-corrected chi connectivity index (χ0v) is 12.5. The summed E-state index contributed by atoms with van der Waals surface area (Å²) in [7, 11) is 1.83. The van der Waals surface area contributed by atoms with E-state index in [0.717, 1.165) is 9.75 Å². The minimum Gasteiger partial charge on any atom is -0.340 e. The fourth-order valence-corrected chi connectivity index (χ4v) is 2.38. The first-order valence-corrected chi connectivity index (χ1v) is 6.19. The molecule has 1 heterocycles. The maximum atomic E-state index is 12.0. The van der Waals surface area contributed by atoms with Gasteiger partial charge in [0.25, 0.3) is 5.91 Å². The topological polar surface area (TPSA) is 46.3 Å². The Morgan fingerprint density at radius 2 is 2.06 bits per heavy atom. The van der Waals surface area contributed by atoms with Gasteiger partial charge in [-0.05, 0) is 31.0 Å². The highest BCUT2D eigenvalue weighted by molar-refractivity contribution is 7.13. The fourth-order valence-electron chi connectivity index (χ4n) is 1.52. The van der Waals surface area contributed by atoms with E-state index in [-0.39, 0.29) is 23.7 Å². The smallest absolute Gasteiger partial charge is 0.263 e. The van der Waals surface area contributed by atoms with Crippen LogP contribution in [0.2, 0.25) is 0 Å². The van der Waals surface area contributed by atoms with Gasteiger partial charge in [-0.25, -0.2) is 0 Å². The number of hydrogen-bond acceptors (Lipinski definition) is 3. The Balaban J connectivity index is 0.00000256. The maximum absolute atomic E-state index is 12.0. The van der Waals surface area contributed by atoms with E-state index in [1.165, 1.54) is 11.3 Å². The average Bonchev–Trinajstić information content (AvgIpc) is 2.63. The summed E-state index contributed by atoms with van der Waals surface area (Å²) in [6.45, 7) is 7.39. The summed E-state index contributed by atoms with van der Waals surface area (Å²) in [5.74, 6) is 0.0830. The molecule has 1 aromatic rings. The highest BCUT2D eigenvalue weighted by atomic mass is 35.5. The summed E-state index contributed by atoms with van der Waals surface area (Å²) in [6, 6.07) is 3.86. The second kappa shape index (κ2) is 6.38. The van der Waals surface area contributed by atoms with E-state index < -0.39 is 0 Å². The van der Waals surface area contributed by atoms with E-state index in [2.05, 4.69) is 13.8 Å². The molecule has 17 heavy (non-hydrogen) atoms. The van der Waals surface area contributed by atoms with Gasteiger partial charge in [0.15, 0.2) is 0 Å². The molecule has 0 aliphatic rings. The largest absolute Gasteiger partial charge is 0.340 e. The minimum atomic E-state index is -0.0310. The van der Waals surface area contributed by atoms with Crippen LogP contribution in [0.4, 0.5) is 0 Å². The van der Waals surface area contributed by atoms with Crippen molar-refractivity contribution in [3.63, 3.8) is 0 Å². The van der Waals surface area contributed by atoms with E-state index >= 15 is 0 Å². The van der Waals surface area contributed by atoms with Gasteiger partial charge in [0.05, 0.1) is 4.88 Å². The predicted octanol–water partition coefficient (Wildman–Crippen LogP) is 2.54. The van der Waals surface area contributed by atoms with Crippen molar-refractivity contribution in [3.05, 3.63) is 21.9 Å². The van der Waals surface area contributed by atoms with Gasteiger partial charge in [0.1, 0.15) is 0 Å². The summed E-state index contributed by atoms with van der Waals surface area (Å²) in [5.41, 5.74) is 5.63. The molecule has 1 amide bonds. The Bertz CT molecular complexity index is 376. The van der Waals surface area contributed by atoms with Crippen molar-refractivity contribution >= 4 is 29.7 Å². The van der Waals surface area contributed by atoms with Gasteiger partial charge in [-0.3, -0.25) is 4.79 Å². The van der Waals surface area contributed by atoms with Crippen molar-refractivity contribution in [2.75, 3.05) is 20.1 Å². The number of nitrogens with two attached hydrogens (primary N) is 1. The number of thiophene rings is 1. The summed E-state index contributed by atoms with van der Waals surface area (Å²) in [6.07, 6.45) is 0. The molecule has 2 N–H and O–H groups in total. The molecule has 0 saturated carbocycles. The first kappa shape index (κ1) is 16.4. The number of halogens is 1. The molecule has 5 heteroatoms. The van der Waals surface area contributed by atoms with E-state index in [1.54, 1.807) is 4.90 Å². The van der Waals surface area contributed by atoms with Crippen LogP contribution >= 0.6 is 23.7 Å². The van der Waals surface area contributed by atoms with Crippen molar-refractivity contribution in [1.29, 1.82) is 0 Å². The lowest BCUT2D eigenvalue weighted by Gasteiger charge is -2.28. The molecule has 0 unspecified atom stereocenters. The molecule has 0 spiro atoms. The lowest BCUT2D eigenvalue weighted by molar-refractivity contribution is 0.0745. The number of rotatable bonds is 4. The molecule has 0 aliphatic carbocycles. The Labute approximate surface area is 113 Å². The second-order valence-electron chi connectivity index (χ2n) is 4.94. The van der Waals surface area contributed by atoms with Crippen molar-refractivity contribution < 1.29 is 4.79 Å². The van der Waals surface area contributed by atoms with Gasteiger partial charge in [-0.2, -0.15) is 0 Å². The van der Waals surface area contributed by atoms with Crippen molar-refractivity contribution in [2.24, 2.45) is 11.1 Å². The molecule has 0 saturated heterocycles. The third kappa shape index (κ3) is 4.66. The molecule has 0 fully saturated rings. The third-order valence-corrected chi connectivity index (χ3v) is 3.50. The quantitative estimate of drug-likeness (QED) is 0.919. The molecule has 98 valence electrons. The van der Waals surface area contributed by atoms with Crippen LogP contribution in [0.25, 0.3) is 0 Å². The van der Waals surface area contributed by atoms with Gasteiger partial charge in [0.2, 0.25) is 0 Å². The lowest BCUT2D eigenvalue weighted by atomic mass is 9.93. The van der Waals surface area contributed by atoms with Gasteiger partial charge < -0.3 is 10.6 Å². The van der Waals surface area contributed by atoms with Crippen LogP contribution < -0.4 is 5.73 Å². The summed E-state index contributed by atoms with van der Waals surface area (Å²) in [4.78, 5) is 15.8. The summed E-state index contributed by atoms with van der Waals surface area (Å²) >= 11 is 1.54. The zero-order chi connectivity index (χ0) is 12.3. The van der Waals surface area contributed by atoms with Gasteiger partial charge in [-0.15, -0.1) is 23.7 Å². The van der Waals surface area contributed by atoms with Crippen molar-refractivity contribution in [3.8, 4) is 0 Å². The second-order valence-corrected chi connectivity index (χ2v) is 6.23. The molecule has 0 aromatic carbocycles. The van der Waals surface area contributed by atoms with Crippen LogP contribution in [0, 0.1) is 12.3 Å². The zero-order valence-electron chi connectivity index (χ0n) is 10.8. The molecule has 0 radical (unpaired) electrons. The van der Waals surface area contributed by atoms with Crippen LogP contribution in [-0.2, 0) is 0 Å². The summed E-state index contributed by atoms with van der Waals surface area (Å²) in [5, 5.41) is 0. The van der Waals surface area contributed by atoms with Crippen LogP contribution in [-0.4, -0.2) is 30.9 Å². The average molecular weight is 277 g/mol. The van der Waals surface area contributed by atoms with Crippen LogP contribution in [0.15, 0.2) is 12.1 Å². The highest BCUT2D eigenvalue weighted by Crippen LogP contribution is 2.19. The van der Waals surface area contributed by atoms with Gasteiger partial charge in [0, 0.05) is 18.5 Å². The predicted molar refractivity (Wildman–Crippen MR) is 76.1 cm³/mol. The molecular formula is C12H21ClN2OS. The number of hydrogen-bond donors (Lipinski definition) is 1. The third-order valence-electron chi connectivity index (χ3n) is 2.52. The Morgan fingerprint density at radius 3 is 2.47 bits per heavy atom. The van der Waals surface area contributed by atoms with E-state index in [9.17, 15) is 4.79 Å². The van der Waals surface area contributed by atoms with E-state index in [0.29, 0.717) is 13.1 Å².